The maximum absolute atomic E-state index is 13.8. The molecule has 1 saturated carbocycles. The third kappa shape index (κ3) is 3.82. The van der Waals surface area contributed by atoms with E-state index in [1.165, 1.54) is 0 Å². The molecule has 0 radical (unpaired) electrons. The molecule has 24 heavy (non-hydrogen) atoms. The molecule has 1 amide bonds. The maximum atomic E-state index is 13.8. The fourth-order valence-electron chi connectivity index (χ4n) is 2.18. The third-order valence-electron chi connectivity index (χ3n) is 3.71. The zero-order valence-electron chi connectivity index (χ0n) is 13.2. The van der Waals surface area contributed by atoms with Crippen molar-refractivity contribution in [2.45, 2.75) is 19.8 Å². The van der Waals surface area contributed by atoms with Gasteiger partial charge in [0.2, 0.25) is 0 Å². The Morgan fingerprint density at radius 2 is 1.96 bits per heavy atom. The van der Waals surface area contributed by atoms with E-state index < -0.39 is 28.7 Å². The molecule has 0 aliphatic heterocycles. The Labute approximate surface area is 138 Å². The van der Waals surface area contributed by atoms with Crippen molar-refractivity contribution in [2.24, 2.45) is 5.41 Å². The second-order valence-corrected chi connectivity index (χ2v) is 5.45. The van der Waals surface area contributed by atoms with Crippen molar-refractivity contribution < 1.29 is 27.8 Å². The molecule has 0 saturated heterocycles. The van der Waals surface area contributed by atoms with Gasteiger partial charge in [0.05, 0.1) is 12.0 Å². The average Bonchev–Trinajstić information content (AvgIpc) is 3.33. The zero-order chi connectivity index (χ0) is 17.7. The normalized spacial score (nSPS) is 14.4. The fraction of sp³-hybridized carbons (Fsp3) is 0.412. The topological polar surface area (TPSA) is 64.6 Å². The van der Waals surface area contributed by atoms with E-state index in [0.717, 1.165) is 12.1 Å². The Balaban J connectivity index is 2.03. The summed E-state index contributed by atoms with van der Waals surface area (Å²) in [4.78, 5) is 23.9. The molecule has 1 fully saturated rings. The SMILES string of the molecule is C#CCOc1c(F)cc(C(=O)NCC2(C(=O)OCC)CC2)cc1F. The Hall–Kier alpha value is -2.62. The summed E-state index contributed by atoms with van der Waals surface area (Å²) < 4.78 is 37.4. The molecular weight excluding hydrogens is 320 g/mol. The van der Waals surface area contributed by atoms with Crippen LogP contribution in [0.3, 0.4) is 0 Å². The standard InChI is InChI=1S/C17H17F2NO4/c1-3-7-24-14-12(18)8-11(9-13(14)19)15(21)20-10-17(5-6-17)16(22)23-4-2/h1,8-9H,4-7,10H2,2H3,(H,20,21). The summed E-state index contributed by atoms with van der Waals surface area (Å²) in [6, 6.07) is 1.71. The second-order valence-electron chi connectivity index (χ2n) is 5.45. The van der Waals surface area contributed by atoms with Gasteiger partial charge in [-0.3, -0.25) is 9.59 Å². The molecule has 0 atom stereocenters. The van der Waals surface area contributed by atoms with Crippen LogP contribution in [0.5, 0.6) is 5.75 Å². The van der Waals surface area contributed by atoms with E-state index in [9.17, 15) is 18.4 Å². The molecule has 1 aliphatic carbocycles. The predicted octanol–water partition coefficient (Wildman–Crippen LogP) is 2.05. The molecule has 0 heterocycles. The lowest BCUT2D eigenvalue weighted by Crippen LogP contribution is -2.35. The fourth-order valence-corrected chi connectivity index (χ4v) is 2.18. The minimum atomic E-state index is -1.03. The summed E-state index contributed by atoms with van der Waals surface area (Å²) in [7, 11) is 0. The monoisotopic (exact) mass is 337 g/mol. The molecule has 0 spiro atoms. The number of ether oxygens (including phenoxy) is 2. The van der Waals surface area contributed by atoms with E-state index in [1.807, 2.05) is 0 Å². The number of amides is 1. The summed E-state index contributed by atoms with van der Waals surface area (Å²) in [5, 5.41) is 2.51. The first-order valence-electron chi connectivity index (χ1n) is 7.44. The van der Waals surface area contributed by atoms with Gasteiger partial charge in [0.1, 0.15) is 6.61 Å². The molecule has 0 bridgehead atoms. The molecule has 1 aromatic rings. The average molecular weight is 337 g/mol. The van der Waals surface area contributed by atoms with E-state index in [4.69, 9.17) is 15.9 Å². The largest absolute Gasteiger partial charge is 0.475 e. The van der Waals surface area contributed by atoms with Crippen LogP contribution in [0.25, 0.3) is 0 Å². The van der Waals surface area contributed by atoms with Crippen molar-refractivity contribution in [1.29, 1.82) is 0 Å². The van der Waals surface area contributed by atoms with E-state index in [-0.39, 0.29) is 31.3 Å². The number of carbonyl (C=O) groups is 2. The van der Waals surface area contributed by atoms with E-state index in [0.29, 0.717) is 12.8 Å². The smallest absolute Gasteiger partial charge is 0.313 e. The third-order valence-corrected chi connectivity index (χ3v) is 3.71. The second kappa shape index (κ2) is 7.30. The molecule has 1 aromatic carbocycles. The number of benzene rings is 1. The Kier molecular flexibility index (Phi) is 5.39. The lowest BCUT2D eigenvalue weighted by Gasteiger charge is -2.15. The summed E-state index contributed by atoms with van der Waals surface area (Å²) in [5.74, 6) is -1.65. The molecule has 0 aromatic heterocycles. The van der Waals surface area contributed by atoms with Crippen LogP contribution in [-0.2, 0) is 9.53 Å². The van der Waals surface area contributed by atoms with E-state index in [1.54, 1.807) is 6.92 Å². The van der Waals surface area contributed by atoms with Gasteiger partial charge in [-0.2, -0.15) is 0 Å². The van der Waals surface area contributed by atoms with Gasteiger partial charge in [-0.25, -0.2) is 8.78 Å². The van der Waals surface area contributed by atoms with Crippen molar-refractivity contribution in [1.82, 2.24) is 5.32 Å². The Morgan fingerprint density at radius 1 is 1.33 bits per heavy atom. The van der Waals surface area contributed by atoms with Crippen molar-refractivity contribution in [3.05, 3.63) is 29.3 Å². The molecule has 5 nitrogen and oxygen atoms in total. The summed E-state index contributed by atoms with van der Waals surface area (Å²) in [5.41, 5.74) is -0.934. The molecule has 1 aliphatic rings. The maximum Gasteiger partial charge on any atom is 0.313 e. The van der Waals surface area contributed by atoms with Crippen molar-refractivity contribution in [2.75, 3.05) is 19.8 Å². The van der Waals surface area contributed by atoms with Crippen LogP contribution >= 0.6 is 0 Å². The number of esters is 1. The van der Waals surface area contributed by atoms with Gasteiger partial charge in [0.25, 0.3) is 5.91 Å². The Bertz CT molecular complexity index is 669. The molecule has 2 rings (SSSR count). The van der Waals surface area contributed by atoms with Crippen LogP contribution in [0.15, 0.2) is 12.1 Å². The molecule has 1 N–H and O–H groups in total. The van der Waals surface area contributed by atoms with Crippen molar-refractivity contribution >= 4 is 11.9 Å². The van der Waals surface area contributed by atoms with Gasteiger partial charge in [0, 0.05) is 12.1 Å². The van der Waals surface area contributed by atoms with Crippen LogP contribution in [0.1, 0.15) is 30.1 Å². The first-order valence-corrected chi connectivity index (χ1v) is 7.44. The summed E-state index contributed by atoms with van der Waals surface area (Å²) >= 11 is 0. The highest BCUT2D eigenvalue weighted by Crippen LogP contribution is 2.46. The Morgan fingerprint density at radius 3 is 2.46 bits per heavy atom. The number of hydrogen-bond donors (Lipinski definition) is 1. The minimum absolute atomic E-state index is 0.0588. The van der Waals surface area contributed by atoms with Gasteiger partial charge in [-0.1, -0.05) is 5.92 Å². The highest BCUT2D eigenvalue weighted by Gasteiger charge is 2.51. The van der Waals surface area contributed by atoms with Gasteiger partial charge in [0.15, 0.2) is 17.4 Å². The zero-order valence-corrected chi connectivity index (χ0v) is 13.2. The predicted molar refractivity (Wildman–Crippen MR) is 81.3 cm³/mol. The van der Waals surface area contributed by atoms with Crippen LogP contribution in [0.4, 0.5) is 8.78 Å². The summed E-state index contributed by atoms with van der Waals surface area (Å²) in [6.45, 7) is 1.72. The van der Waals surface area contributed by atoms with Gasteiger partial charge in [-0.15, -0.1) is 6.42 Å². The number of halogens is 2. The number of hydrogen-bond acceptors (Lipinski definition) is 4. The molecule has 7 heteroatoms. The van der Waals surface area contributed by atoms with Crippen LogP contribution in [0.2, 0.25) is 0 Å². The first kappa shape index (κ1) is 17.7. The van der Waals surface area contributed by atoms with Crippen LogP contribution < -0.4 is 10.1 Å². The van der Waals surface area contributed by atoms with E-state index >= 15 is 0 Å². The highest BCUT2D eigenvalue weighted by atomic mass is 19.1. The first-order chi connectivity index (χ1) is 11.4. The number of nitrogens with one attached hydrogen (secondary N) is 1. The summed E-state index contributed by atoms with van der Waals surface area (Å²) in [6.07, 6.45) is 6.17. The number of terminal acetylenes is 1. The van der Waals surface area contributed by atoms with Crippen LogP contribution in [-0.4, -0.2) is 31.6 Å². The number of carbonyl (C=O) groups excluding carboxylic acids is 2. The van der Waals surface area contributed by atoms with Crippen LogP contribution in [0, 0.1) is 29.4 Å². The molecule has 128 valence electrons. The highest BCUT2D eigenvalue weighted by molar-refractivity contribution is 5.95. The van der Waals surface area contributed by atoms with Crippen molar-refractivity contribution in [3.8, 4) is 18.1 Å². The molecular formula is C17H17F2NO4. The quantitative estimate of drug-likeness (QED) is 0.611. The van der Waals surface area contributed by atoms with Gasteiger partial charge >= 0.3 is 5.97 Å². The van der Waals surface area contributed by atoms with Gasteiger partial charge in [-0.05, 0) is 31.9 Å². The lowest BCUT2D eigenvalue weighted by molar-refractivity contribution is -0.149. The molecule has 0 unspecified atom stereocenters. The lowest BCUT2D eigenvalue weighted by atomic mass is 10.1. The number of rotatable bonds is 7. The minimum Gasteiger partial charge on any atom is -0.475 e. The van der Waals surface area contributed by atoms with Crippen molar-refractivity contribution in [3.63, 3.8) is 0 Å². The van der Waals surface area contributed by atoms with E-state index in [2.05, 4.69) is 11.2 Å². The van der Waals surface area contributed by atoms with Gasteiger partial charge < -0.3 is 14.8 Å².